The average Bonchev–Trinajstić information content (AvgIpc) is 2.84. The molecule has 3 aromatic carbocycles. The van der Waals surface area contributed by atoms with E-state index in [1.54, 1.807) is 24.3 Å². The molecule has 3 aromatic rings. The number of hydrogen-bond acceptors (Lipinski definition) is 5. The van der Waals surface area contributed by atoms with Gasteiger partial charge < -0.3 is 24.8 Å². The zero-order valence-electron chi connectivity index (χ0n) is 19.9. The van der Waals surface area contributed by atoms with Crippen LogP contribution in [0.1, 0.15) is 16.7 Å². The minimum Gasteiger partial charge on any atom is -0.493 e. The second kappa shape index (κ2) is 11.0. The fraction of sp³-hybridized carbons (Fsp3) is 0.185. The Labute approximate surface area is 199 Å². The quantitative estimate of drug-likeness (QED) is 0.281. The number of carbonyl (C=O) groups is 2. The van der Waals surface area contributed by atoms with Gasteiger partial charge in [0.1, 0.15) is 5.57 Å². The van der Waals surface area contributed by atoms with E-state index in [9.17, 15) is 9.59 Å². The first-order valence-electron chi connectivity index (χ1n) is 10.6. The number of para-hydroxylation sites is 2. The third-order valence-corrected chi connectivity index (χ3v) is 5.27. The summed E-state index contributed by atoms with van der Waals surface area (Å²) in [6.45, 7) is 3.76. The Morgan fingerprint density at radius 1 is 0.706 bits per heavy atom. The molecule has 0 fully saturated rings. The van der Waals surface area contributed by atoms with Crippen molar-refractivity contribution >= 4 is 29.3 Å². The molecule has 0 atom stereocenters. The van der Waals surface area contributed by atoms with Gasteiger partial charge in [-0.1, -0.05) is 36.4 Å². The van der Waals surface area contributed by atoms with Crippen molar-refractivity contribution in [3.63, 3.8) is 0 Å². The van der Waals surface area contributed by atoms with Crippen LogP contribution in [0.2, 0.25) is 0 Å². The van der Waals surface area contributed by atoms with Gasteiger partial charge in [-0.3, -0.25) is 9.59 Å². The molecule has 0 bridgehead atoms. The minimum absolute atomic E-state index is 0.0826. The topological polar surface area (TPSA) is 85.9 Å². The Morgan fingerprint density at radius 3 is 1.53 bits per heavy atom. The van der Waals surface area contributed by atoms with Crippen molar-refractivity contribution in [2.24, 2.45) is 0 Å². The molecule has 0 aliphatic rings. The molecule has 0 aliphatic heterocycles. The minimum atomic E-state index is -0.547. The molecule has 2 amide bonds. The summed E-state index contributed by atoms with van der Waals surface area (Å²) in [4.78, 5) is 26.6. The van der Waals surface area contributed by atoms with Gasteiger partial charge in [-0.15, -0.1) is 0 Å². The summed E-state index contributed by atoms with van der Waals surface area (Å²) < 4.78 is 16.2. The molecule has 0 heterocycles. The number of ether oxygens (including phenoxy) is 3. The van der Waals surface area contributed by atoms with E-state index in [0.717, 1.165) is 11.1 Å². The highest BCUT2D eigenvalue weighted by molar-refractivity contribution is 6.29. The predicted molar refractivity (Wildman–Crippen MR) is 134 cm³/mol. The number of methoxy groups -OCH3 is 3. The Hall–Kier alpha value is -4.26. The molecule has 0 spiro atoms. The van der Waals surface area contributed by atoms with Crippen LogP contribution >= 0.6 is 0 Å². The maximum atomic E-state index is 13.3. The second-order valence-electron chi connectivity index (χ2n) is 7.55. The average molecular weight is 461 g/mol. The standard InChI is InChI=1S/C27H28N2O5/c1-17-10-6-8-12-21(17)28-26(30)20(27(31)29-22-13-9-7-11-18(22)2)14-19-15-23(32-3)25(34-5)24(16-19)33-4/h6-16H,1-5H3,(H,28,30)(H,29,31). The molecule has 0 aliphatic carbocycles. The van der Waals surface area contributed by atoms with Gasteiger partial charge in [-0.25, -0.2) is 0 Å². The van der Waals surface area contributed by atoms with Gasteiger partial charge in [0, 0.05) is 11.4 Å². The Bertz CT molecular complexity index is 1150. The molecular formula is C27H28N2O5. The van der Waals surface area contributed by atoms with Crippen LogP contribution in [-0.2, 0) is 9.59 Å². The smallest absolute Gasteiger partial charge is 0.261 e. The van der Waals surface area contributed by atoms with E-state index in [0.29, 0.717) is 34.2 Å². The summed E-state index contributed by atoms with van der Waals surface area (Å²) in [7, 11) is 4.51. The number of rotatable bonds is 8. The van der Waals surface area contributed by atoms with E-state index in [1.807, 2.05) is 50.2 Å². The normalized spacial score (nSPS) is 10.1. The third kappa shape index (κ3) is 5.56. The van der Waals surface area contributed by atoms with E-state index in [2.05, 4.69) is 10.6 Å². The number of hydrogen-bond donors (Lipinski definition) is 2. The van der Waals surface area contributed by atoms with Crippen LogP contribution < -0.4 is 24.8 Å². The monoisotopic (exact) mass is 460 g/mol. The van der Waals surface area contributed by atoms with Gasteiger partial charge in [-0.05, 0) is 60.9 Å². The van der Waals surface area contributed by atoms with Crippen molar-refractivity contribution < 1.29 is 23.8 Å². The SMILES string of the molecule is COc1cc(C=C(C(=O)Nc2ccccc2C)C(=O)Nc2ccccc2C)cc(OC)c1OC. The number of nitrogens with one attached hydrogen (secondary N) is 2. The molecule has 0 saturated carbocycles. The fourth-order valence-corrected chi connectivity index (χ4v) is 3.39. The van der Waals surface area contributed by atoms with Crippen LogP contribution in [0.15, 0.2) is 66.2 Å². The first kappa shape index (κ1) is 24.4. The first-order chi connectivity index (χ1) is 16.4. The molecular weight excluding hydrogens is 432 g/mol. The summed E-state index contributed by atoms with van der Waals surface area (Å²) in [5.41, 5.74) is 3.44. The Kier molecular flexibility index (Phi) is 7.92. The number of carbonyl (C=O) groups excluding carboxylic acids is 2. The first-order valence-corrected chi connectivity index (χ1v) is 10.6. The molecule has 7 nitrogen and oxygen atoms in total. The number of aryl methyl sites for hydroxylation is 2. The van der Waals surface area contributed by atoms with Gasteiger partial charge in [0.25, 0.3) is 11.8 Å². The van der Waals surface area contributed by atoms with E-state index in [-0.39, 0.29) is 5.57 Å². The largest absolute Gasteiger partial charge is 0.493 e. The summed E-state index contributed by atoms with van der Waals surface area (Å²) in [5.74, 6) is 0.137. The maximum Gasteiger partial charge on any atom is 0.261 e. The lowest BCUT2D eigenvalue weighted by atomic mass is 10.1. The number of benzene rings is 3. The fourth-order valence-electron chi connectivity index (χ4n) is 3.39. The summed E-state index contributed by atoms with van der Waals surface area (Å²) in [6, 6.07) is 18.1. The van der Waals surface area contributed by atoms with E-state index < -0.39 is 11.8 Å². The molecule has 0 aromatic heterocycles. The van der Waals surface area contributed by atoms with Crippen molar-refractivity contribution in [2.45, 2.75) is 13.8 Å². The molecule has 2 N–H and O–H groups in total. The van der Waals surface area contributed by atoms with Crippen LogP contribution in [0.3, 0.4) is 0 Å². The maximum absolute atomic E-state index is 13.3. The molecule has 176 valence electrons. The summed E-state index contributed by atoms with van der Waals surface area (Å²) >= 11 is 0. The summed E-state index contributed by atoms with van der Waals surface area (Å²) in [5, 5.41) is 5.67. The van der Waals surface area contributed by atoms with Crippen LogP contribution in [0, 0.1) is 13.8 Å². The number of amides is 2. The predicted octanol–water partition coefficient (Wildman–Crippen LogP) is 4.99. The van der Waals surface area contributed by atoms with E-state index >= 15 is 0 Å². The van der Waals surface area contributed by atoms with Gasteiger partial charge in [0.05, 0.1) is 21.3 Å². The second-order valence-corrected chi connectivity index (χ2v) is 7.55. The summed E-state index contributed by atoms with van der Waals surface area (Å²) in [6.07, 6.45) is 1.49. The lowest BCUT2D eigenvalue weighted by Gasteiger charge is -2.15. The van der Waals surface area contributed by atoms with E-state index in [1.165, 1.54) is 27.4 Å². The highest BCUT2D eigenvalue weighted by Crippen LogP contribution is 2.38. The molecule has 0 radical (unpaired) electrons. The van der Waals surface area contributed by atoms with E-state index in [4.69, 9.17) is 14.2 Å². The molecule has 34 heavy (non-hydrogen) atoms. The Morgan fingerprint density at radius 2 is 1.15 bits per heavy atom. The molecule has 0 saturated heterocycles. The lowest BCUT2D eigenvalue weighted by Crippen LogP contribution is -2.26. The van der Waals surface area contributed by atoms with Crippen LogP contribution in [-0.4, -0.2) is 33.1 Å². The van der Waals surface area contributed by atoms with Gasteiger partial charge in [-0.2, -0.15) is 0 Å². The van der Waals surface area contributed by atoms with Gasteiger partial charge in [0.2, 0.25) is 5.75 Å². The third-order valence-electron chi connectivity index (χ3n) is 5.27. The zero-order valence-corrected chi connectivity index (χ0v) is 19.9. The van der Waals surface area contributed by atoms with Crippen LogP contribution in [0.4, 0.5) is 11.4 Å². The van der Waals surface area contributed by atoms with Gasteiger partial charge in [0.15, 0.2) is 11.5 Å². The van der Waals surface area contributed by atoms with Crippen molar-refractivity contribution in [1.82, 2.24) is 0 Å². The molecule has 3 rings (SSSR count). The van der Waals surface area contributed by atoms with Crippen LogP contribution in [0.25, 0.3) is 6.08 Å². The highest BCUT2D eigenvalue weighted by atomic mass is 16.5. The molecule has 0 unspecified atom stereocenters. The number of anilines is 2. The Balaban J connectivity index is 2.06. The molecule has 7 heteroatoms. The van der Waals surface area contributed by atoms with Crippen molar-refractivity contribution in [2.75, 3.05) is 32.0 Å². The van der Waals surface area contributed by atoms with Crippen LogP contribution in [0.5, 0.6) is 17.2 Å². The van der Waals surface area contributed by atoms with Crippen molar-refractivity contribution in [3.05, 3.63) is 82.9 Å². The van der Waals surface area contributed by atoms with Gasteiger partial charge >= 0.3 is 0 Å². The van der Waals surface area contributed by atoms with Crippen molar-refractivity contribution in [1.29, 1.82) is 0 Å². The lowest BCUT2D eigenvalue weighted by molar-refractivity contribution is -0.118. The zero-order chi connectivity index (χ0) is 24.7. The van der Waals surface area contributed by atoms with Crippen molar-refractivity contribution in [3.8, 4) is 17.2 Å². The highest BCUT2D eigenvalue weighted by Gasteiger charge is 2.21.